The normalized spacial score (nSPS) is 25.0. The fourth-order valence-electron chi connectivity index (χ4n) is 2.90. The SMILES string of the molecule is CN(CCC1CCCC1)CC1(CO)CC1. The average molecular weight is 211 g/mol. The van der Waals surface area contributed by atoms with E-state index in [1.165, 1.54) is 51.5 Å². The van der Waals surface area contributed by atoms with E-state index >= 15 is 0 Å². The molecule has 2 saturated carbocycles. The smallest absolute Gasteiger partial charge is 0.0499 e. The van der Waals surface area contributed by atoms with Crippen LogP contribution in [-0.2, 0) is 0 Å². The molecule has 2 heteroatoms. The van der Waals surface area contributed by atoms with Crippen molar-refractivity contribution in [3.63, 3.8) is 0 Å². The van der Waals surface area contributed by atoms with E-state index in [9.17, 15) is 5.11 Å². The largest absolute Gasteiger partial charge is 0.396 e. The molecule has 0 aromatic carbocycles. The molecule has 1 N–H and O–H groups in total. The molecule has 0 unspecified atom stereocenters. The van der Waals surface area contributed by atoms with Gasteiger partial charge >= 0.3 is 0 Å². The molecular formula is C13H25NO. The Balaban J connectivity index is 1.61. The van der Waals surface area contributed by atoms with Gasteiger partial charge in [-0.05, 0) is 38.8 Å². The molecule has 2 aliphatic rings. The maximum atomic E-state index is 9.26. The Hall–Kier alpha value is -0.0800. The van der Waals surface area contributed by atoms with Gasteiger partial charge in [0.25, 0.3) is 0 Å². The summed E-state index contributed by atoms with van der Waals surface area (Å²) in [7, 11) is 2.21. The number of nitrogens with zero attached hydrogens (tertiary/aromatic N) is 1. The van der Waals surface area contributed by atoms with Crippen molar-refractivity contribution in [2.75, 3.05) is 26.7 Å². The second-order valence-corrected chi connectivity index (χ2v) is 5.84. The van der Waals surface area contributed by atoms with Crippen LogP contribution in [0.2, 0.25) is 0 Å². The van der Waals surface area contributed by atoms with Gasteiger partial charge in [0.2, 0.25) is 0 Å². The molecule has 2 nitrogen and oxygen atoms in total. The first kappa shape index (κ1) is 11.4. The zero-order valence-corrected chi connectivity index (χ0v) is 10.0. The van der Waals surface area contributed by atoms with Crippen LogP contribution in [0.15, 0.2) is 0 Å². The minimum atomic E-state index is 0.296. The van der Waals surface area contributed by atoms with Crippen LogP contribution < -0.4 is 0 Å². The molecule has 0 saturated heterocycles. The van der Waals surface area contributed by atoms with E-state index in [0.29, 0.717) is 12.0 Å². The van der Waals surface area contributed by atoms with Gasteiger partial charge in [-0.15, -0.1) is 0 Å². The van der Waals surface area contributed by atoms with E-state index in [0.717, 1.165) is 12.5 Å². The van der Waals surface area contributed by atoms with Gasteiger partial charge in [0.1, 0.15) is 0 Å². The van der Waals surface area contributed by atoms with Crippen LogP contribution in [0.1, 0.15) is 44.9 Å². The number of hydrogen-bond acceptors (Lipinski definition) is 2. The van der Waals surface area contributed by atoms with Crippen molar-refractivity contribution >= 4 is 0 Å². The van der Waals surface area contributed by atoms with Crippen molar-refractivity contribution in [2.45, 2.75) is 44.9 Å². The van der Waals surface area contributed by atoms with Gasteiger partial charge in [-0.3, -0.25) is 0 Å². The van der Waals surface area contributed by atoms with Gasteiger partial charge in [0, 0.05) is 18.6 Å². The standard InChI is InChI=1S/C13H25NO/c1-14(10-13(11-15)7-8-13)9-6-12-4-2-3-5-12/h12,15H,2-11H2,1H3. The molecule has 0 radical (unpaired) electrons. The molecule has 15 heavy (non-hydrogen) atoms. The van der Waals surface area contributed by atoms with E-state index in [1.807, 2.05) is 0 Å². The molecule has 0 heterocycles. The van der Waals surface area contributed by atoms with Gasteiger partial charge in [-0.1, -0.05) is 25.7 Å². The number of hydrogen-bond donors (Lipinski definition) is 1. The molecule has 2 fully saturated rings. The van der Waals surface area contributed by atoms with Crippen LogP contribution >= 0.6 is 0 Å². The monoisotopic (exact) mass is 211 g/mol. The van der Waals surface area contributed by atoms with E-state index in [-0.39, 0.29) is 0 Å². The minimum Gasteiger partial charge on any atom is -0.396 e. The Morgan fingerprint density at radius 2 is 1.93 bits per heavy atom. The summed E-state index contributed by atoms with van der Waals surface area (Å²) in [6.07, 6.45) is 9.66. The van der Waals surface area contributed by atoms with Crippen molar-refractivity contribution in [1.82, 2.24) is 4.90 Å². The van der Waals surface area contributed by atoms with E-state index in [1.54, 1.807) is 0 Å². The van der Waals surface area contributed by atoms with Crippen LogP contribution in [0, 0.1) is 11.3 Å². The Labute approximate surface area is 93.7 Å². The fourth-order valence-corrected chi connectivity index (χ4v) is 2.90. The Kier molecular flexibility index (Phi) is 3.68. The van der Waals surface area contributed by atoms with Crippen molar-refractivity contribution in [3.05, 3.63) is 0 Å². The summed E-state index contributed by atoms with van der Waals surface area (Å²) in [5.74, 6) is 0.997. The first-order chi connectivity index (χ1) is 7.24. The quantitative estimate of drug-likeness (QED) is 0.728. The molecule has 88 valence electrons. The Morgan fingerprint density at radius 3 is 2.47 bits per heavy atom. The Bertz CT molecular complexity index is 195. The van der Waals surface area contributed by atoms with Gasteiger partial charge in [-0.25, -0.2) is 0 Å². The third kappa shape index (κ3) is 3.18. The first-order valence-corrected chi connectivity index (χ1v) is 6.53. The molecule has 0 bridgehead atoms. The highest BCUT2D eigenvalue weighted by Gasteiger charge is 2.42. The summed E-state index contributed by atoms with van der Waals surface area (Å²) in [5.41, 5.74) is 0.296. The summed E-state index contributed by atoms with van der Waals surface area (Å²) in [6.45, 7) is 2.73. The second-order valence-electron chi connectivity index (χ2n) is 5.84. The van der Waals surface area contributed by atoms with Crippen molar-refractivity contribution in [2.24, 2.45) is 11.3 Å². The molecule has 0 amide bonds. The lowest BCUT2D eigenvalue weighted by Crippen LogP contribution is -2.30. The predicted octanol–water partition coefficient (Wildman–Crippen LogP) is 2.27. The first-order valence-electron chi connectivity index (χ1n) is 6.53. The maximum Gasteiger partial charge on any atom is 0.0499 e. The van der Waals surface area contributed by atoms with Gasteiger partial charge in [0.15, 0.2) is 0 Å². The minimum absolute atomic E-state index is 0.296. The van der Waals surface area contributed by atoms with Crippen LogP contribution in [0.25, 0.3) is 0 Å². The highest BCUT2D eigenvalue weighted by molar-refractivity contribution is 4.94. The summed E-state index contributed by atoms with van der Waals surface area (Å²) >= 11 is 0. The van der Waals surface area contributed by atoms with Crippen molar-refractivity contribution in [1.29, 1.82) is 0 Å². The number of aliphatic hydroxyl groups is 1. The molecule has 0 atom stereocenters. The lowest BCUT2D eigenvalue weighted by atomic mass is 10.0. The average Bonchev–Trinajstić information content (AvgIpc) is 2.80. The van der Waals surface area contributed by atoms with E-state index in [2.05, 4.69) is 11.9 Å². The van der Waals surface area contributed by atoms with Crippen molar-refractivity contribution in [3.8, 4) is 0 Å². The zero-order chi connectivity index (χ0) is 10.7. The van der Waals surface area contributed by atoms with E-state index < -0.39 is 0 Å². The van der Waals surface area contributed by atoms with E-state index in [4.69, 9.17) is 0 Å². The van der Waals surface area contributed by atoms with Gasteiger partial charge < -0.3 is 10.0 Å². The second kappa shape index (κ2) is 4.84. The molecule has 2 rings (SSSR count). The maximum absolute atomic E-state index is 9.26. The van der Waals surface area contributed by atoms with Crippen LogP contribution in [0.3, 0.4) is 0 Å². The number of rotatable bonds is 6. The summed E-state index contributed by atoms with van der Waals surface area (Å²) in [5, 5.41) is 9.26. The third-order valence-electron chi connectivity index (χ3n) is 4.29. The molecule has 0 spiro atoms. The topological polar surface area (TPSA) is 23.5 Å². The summed E-state index contributed by atoms with van der Waals surface area (Å²) in [4.78, 5) is 2.43. The zero-order valence-electron chi connectivity index (χ0n) is 10.0. The molecule has 0 aromatic heterocycles. The summed E-state index contributed by atoms with van der Waals surface area (Å²) in [6, 6.07) is 0. The highest BCUT2D eigenvalue weighted by atomic mass is 16.3. The fraction of sp³-hybridized carbons (Fsp3) is 1.00. The van der Waals surface area contributed by atoms with Gasteiger partial charge in [-0.2, -0.15) is 0 Å². The van der Waals surface area contributed by atoms with Crippen molar-refractivity contribution < 1.29 is 5.11 Å². The lowest BCUT2D eigenvalue weighted by molar-refractivity contribution is 0.160. The molecule has 2 aliphatic carbocycles. The molecular weight excluding hydrogens is 186 g/mol. The molecule has 0 aliphatic heterocycles. The van der Waals surface area contributed by atoms with Crippen LogP contribution in [-0.4, -0.2) is 36.8 Å². The lowest BCUT2D eigenvalue weighted by Gasteiger charge is -2.23. The van der Waals surface area contributed by atoms with Gasteiger partial charge in [0.05, 0.1) is 0 Å². The van der Waals surface area contributed by atoms with Crippen LogP contribution in [0.5, 0.6) is 0 Å². The summed E-state index contributed by atoms with van der Waals surface area (Å²) < 4.78 is 0. The Morgan fingerprint density at radius 1 is 1.27 bits per heavy atom. The third-order valence-corrected chi connectivity index (χ3v) is 4.29. The number of aliphatic hydroxyl groups excluding tert-OH is 1. The predicted molar refractivity (Wildman–Crippen MR) is 62.8 cm³/mol. The molecule has 0 aromatic rings. The highest BCUT2D eigenvalue weighted by Crippen LogP contribution is 2.45. The van der Waals surface area contributed by atoms with Crippen LogP contribution in [0.4, 0.5) is 0 Å².